The number of fused-ring (bicyclic) bond motifs is 1. The average Bonchev–Trinajstić information content (AvgIpc) is 2.46. The van der Waals surface area contributed by atoms with Crippen LogP contribution in [0.2, 0.25) is 5.02 Å². The van der Waals surface area contributed by atoms with Gasteiger partial charge in [0, 0.05) is 22.2 Å². The van der Waals surface area contributed by atoms with Gasteiger partial charge in [0.25, 0.3) is 0 Å². The van der Waals surface area contributed by atoms with Crippen molar-refractivity contribution in [3.05, 3.63) is 76.4 Å². The summed E-state index contributed by atoms with van der Waals surface area (Å²) in [6, 6.07) is 15.3. The van der Waals surface area contributed by atoms with Crippen LogP contribution < -0.4 is 0 Å². The molecule has 0 bridgehead atoms. The van der Waals surface area contributed by atoms with Gasteiger partial charge < -0.3 is 5.11 Å². The van der Waals surface area contributed by atoms with Crippen molar-refractivity contribution >= 4 is 22.5 Å². The van der Waals surface area contributed by atoms with Crippen molar-refractivity contribution in [2.24, 2.45) is 0 Å². The fraction of sp³-hybridized carbons (Fsp3) is 0.118. The van der Waals surface area contributed by atoms with Gasteiger partial charge in [0.2, 0.25) is 0 Å². The van der Waals surface area contributed by atoms with E-state index >= 15 is 0 Å². The van der Waals surface area contributed by atoms with E-state index in [0.29, 0.717) is 5.02 Å². The first kappa shape index (κ1) is 13.1. The van der Waals surface area contributed by atoms with E-state index in [0.717, 1.165) is 27.6 Å². The number of nitrogens with zero attached hydrogens (tertiary/aromatic N) is 1. The molecule has 1 atom stereocenters. The molecule has 0 saturated carbocycles. The Morgan fingerprint density at radius 2 is 1.95 bits per heavy atom. The van der Waals surface area contributed by atoms with Crippen LogP contribution in [0, 0.1) is 6.92 Å². The van der Waals surface area contributed by atoms with Crippen molar-refractivity contribution in [3.8, 4) is 0 Å². The Morgan fingerprint density at radius 3 is 2.75 bits per heavy atom. The standard InChI is InChI=1S/C17H14ClNO/c1-11-4-6-14(15(18)9-11)17(20)13-5-7-16-12(10-13)3-2-8-19-16/h2-10,17,20H,1H3. The molecule has 3 heteroatoms. The largest absolute Gasteiger partial charge is 0.384 e. The smallest absolute Gasteiger partial charge is 0.106 e. The number of aryl methyl sites for hydroxylation is 1. The minimum absolute atomic E-state index is 0.587. The van der Waals surface area contributed by atoms with Crippen molar-refractivity contribution in [1.29, 1.82) is 0 Å². The Bertz CT molecular complexity index is 770. The second kappa shape index (κ2) is 5.23. The lowest BCUT2D eigenvalue weighted by molar-refractivity contribution is 0.220. The zero-order valence-electron chi connectivity index (χ0n) is 11.0. The fourth-order valence-electron chi connectivity index (χ4n) is 2.30. The van der Waals surface area contributed by atoms with Crippen LogP contribution in [0.15, 0.2) is 54.7 Å². The molecule has 20 heavy (non-hydrogen) atoms. The molecule has 1 aromatic heterocycles. The Balaban J connectivity index is 2.05. The highest BCUT2D eigenvalue weighted by Crippen LogP contribution is 2.30. The number of aromatic nitrogens is 1. The summed E-state index contributed by atoms with van der Waals surface area (Å²) in [6.07, 6.45) is 1.03. The fourth-order valence-corrected chi connectivity index (χ4v) is 2.64. The van der Waals surface area contributed by atoms with Gasteiger partial charge in [-0.3, -0.25) is 4.98 Å². The first-order valence-electron chi connectivity index (χ1n) is 6.44. The van der Waals surface area contributed by atoms with Crippen molar-refractivity contribution < 1.29 is 5.11 Å². The lowest BCUT2D eigenvalue weighted by atomic mass is 9.99. The summed E-state index contributed by atoms with van der Waals surface area (Å²) in [5.41, 5.74) is 3.53. The SMILES string of the molecule is Cc1ccc(C(O)c2ccc3ncccc3c2)c(Cl)c1. The molecule has 1 N–H and O–H groups in total. The molecule has 0 radical (unpaired) electrons. The molecule has 100 valence electrons. The second-order valence-electron chi connectivity index (χ2n) is 4.88. The third-order valence-electron chi connectivity index (χ3n) is 3.39. The van der Waals surface area contributed by atoms with Gasteiger partial charge in [-0.15, -0.1) is 0 Å². The predicted molar refractivity (Wildman–Crippen MR) is 82.0 cm³/mol. The zero-order chi connectivity index (χ0) is 14.1. The summed E-state index contributed by atoms with van der Waals surface area (Å²) in [6.45, 7) is 1.98. The Hall–Kier alpha value is -1.90. The number of aliphatic hydroxyl groups excluding tert-OH is 1. The van der Waals surface area contributed by atoms with E-state index in [1.807, 2.05) is 55.5 Å². The van der Waals surface area contributed by atoms with Gasteiger partial charge in [-0.25, -0.2) is 0 Å². The van der Waals surface area contributed by atoms with Crippen molar-refractivity contribution in [2.45, 2.75) is 13.0 Å². The van der Waals surface area contributed by atoms with Gasteiger partial charge in [-0.2, -0.15) is 0 Å². The molecule has 0 aliphatic carbocycles. The van der Waals surface area contributed by atoms with Gasteiger partial charge >= 0.3 is 0 Å². The van der Waals surface area contributed by atoms with Gasteiger partial charge in [0.15, 0.2) is 0 Å². The maximum absolute atomic E-state index is 10.5. The summed E-state index contributed by atoms with van der Waals surface area (Å²) in [5.74, 6) is 0. The summed E-state index contributed by atoms with van der Waals surface area (Å²) in [4.78, 5) is 4.28. The summed E-state index contributed by atoms with van der Waals surface area (Å²) >= 11 is 6.22. The van der Waals surface area contributed by atoms with Gasteiger partial charge in [-0.1, -0.05) is 35.9 Å². The Labute approximate surface area is 122 Å². The molecule has 1 heterocycles. The molecule has 0 saturated heterocycles. The summed E-state index contributed by atoms with van der Waals surface area (Å²) in [7, 11) is 0. The third kappa shape index (κ3) is 2.40. The zero-order valence-corrected chi connectivity index (χ0v) is 11.8. The minimum atomic E-state index is -0.729. The molecule has 0 aliphatic heterocycles. The topological polar surface area (TPSA) is 33.1 Å². The Morgan fingerprint density at radius 1 is 1.10 bits per heavy atom. The van der Waals surface area contributed by atoms with Crippen molar-refractivity contribution in [2.75, 3.05) is 0 Å². The highest BCUT2D eigenvalue weighted by Gasteiger charge is 2.14. The molecule has 0 aliphatic rings. The summed E-state index contributed by atoms with van der Waals surface area (Å²) < 4.78 is 0. The van der Waals surface area contributed by atoms with Crippen molar-refractivity contribution in [1.82, 2.24) is 4.98 Å². The number of aliphatic hydroxyl groups is 1. The maximum Gasteiger partial charge on any atom is 0.106 e. The predicted octanol–water partition coefficient (Wildman–Crippen LogP) is 4.28. The molecule has 3 aromatic rings. The first-order valence-corrected chi connectivity index (χ1v) is 6.82. The molecule has 3 rings (SSSR count). The Kier molecular flexibility index (Phi) is 3.43. The third-order valence-corrected chi connectivity index (χ3v) is 3.72. The van der Waals surface area contributed by atoms with Crippen LogP contribution in [-0.2, 0) is 0 Å². The lowest BCUT2D eigenvalue weighted by Gasteiger charge is -2.14. The van der Waals surface area contributed by atoms with Crippen LogP contribution in [0.25, 0.3) is 10.9 Å². The number of benzene rings is 2. The molecular weight excluding hydrogens is 270 g/mol. The molecular formula is C17H14ClNO. The number of hydrogen-bond donors (Lipinski definition) is 1. The highest BCUT2D eigenvalue weighted by molar-refractivity contribution is 6.31. The van der Waals surface area contributed by atoms with Gasteiger partial charge in [-0.05, 0) is 42.3 Å². The molecule has 1 unspecified atom stereocenters. The van der Waals surface area contributed by atoms with Gasteiger partial charge in [0.05, 0.1) is 5.52 Å². The normalized spacial score (nSPS) is 12.6. The van der Waals surface area contributed by atoms with Crippen LogP contribution in [0.1, 0.15) is 22.8 Å². The van der Waals surface area contributed by atoms with E-state index in [9.17, 15) is 5.11 Å². The minimum Gasteiger partial charge on any atom is -0.384 e. The monoisotopic (exact) mass is 283 g/mol. The van der Waals surface area contributed by atoms with E-state index in [1.54, 1.807) is 6.20 Å². The average molecular weight is 284 g/mol. The van der Waals surface area contributed by atoms with Crippen LogP contribution in [-0.4, -0.2) is 10.1 Å². The number of halogens is 1. The van der Waals surface area contributed by atoms with E-state index in [1.165, 1.54) is 0 Å². The van der Waals surface area contributed by atoms with Crippen LogP contribution >= 0.6 is 11.6 Å². The number of rotatable bonds is 2. The lowest BCUT2D eigenvalue weighted by Crippen LogP contribution is -2.01. The molecule has 0 spiro atoms. The quantitative estimate of drug-likeness (QED) is 0.761. The van der Waals surface area contributed by atoms with Crippen LogP contribution in [0.5, 0.6) is 0 Å². The second-order valence-corrected chi connectivity index (χ2v) is 5.29. The highest BCUT2D eigenvalue weighted by atomic mass is 35.5. The number of pyridine rings is 1. The first-order chi connectivity index (χ1) is 9.65. The van der Waals surface area contributed by atoms with E-state index in [2.05, 4.69) is 4.98 Å². The molecule has 2 aromatic carbocycles. The molecule has 0 fully saturated rings. The van der Waals surface area contributed by atoms with E-state index in [-0.39, 0.29) is 0 Å². The van der Waals surface area contributed by atoms with Crippen molar-refractivity contribution in [3.63, 3.8) is 0 Å². The van der Waals surface area contributed by atoms with Gasteiger partial charge in [0.1, 0.15) is 6.10 Å². The molecule has 0 amide bonds. The summed E-state index contributed by atoms with van der Waals surface area (Å²) in [5, 5.41) is 12.1. The number of hydrogen-bond acceptors (Lipinski definition) is 2. The van der Waals surface area contributed by atoms with Crippen LogP contribution in [0.3, 0.4) is 0 Å². The maximum atomic E-state index is 10.5. The van der Waals surface area contributed by atoms with Crippen LogP contribution in [0.4, 0.5) is 0 Å². The van der Waals surface area contributed by atoms with E-state index < -0.39 is 6.10 Å². The molecule has 2 nitrogen and oxygen atoms in total. The van der Waals surface area contributed by atoms with E-state index in [4.69, 9.17) is 11.6 Å².